The Morgan fingerprint density at radius 1 is 1.46 bits per heavy atom. The molecule has 2 fully saturated rings. The highest BCUT2D eigenvalue weighted by Crippen LogP contribution is 2.65. The molecule has 0 aromatic rings. The molecule has 0 radical (unpaired) electrons. The Bertz CT molecular complexity index is 253. The first kappa shape index (κ1) is 10.6. The van der Waals surface area contributed by atoms with Gasteiger partial charge in [0.05, 0.1) is 0 Å². The molecule has 2 rings (SSSR count). The van der Waals surface area contributed by atoms with Gasteiger partial charge in [0.2, 0.25) is 0 Å². The van der Waals surface area contributed by atoms with Crippen molar-refractivity contribution in [1.82, 2.24) is 0 Å². The second kappa shape index (κ2) is 3.32. The van der Waals surface area contributed by atoms with Crippen molar-refractivity contribution in [2.24, 2.45) is 16.7 Å². The quantitative estimate of drug-likeness (QED) is 0.511. The van der Waals surface area contributed by atoms with Crippen molar-refractivity contribution in [3.05, 3.63) is 0 Å². The van der Waals surface area contributed by atoms with Crippen LogP contribution < -0.4 is 0 Å². The van der Waals surface area contributed by atoms with E-state index in [0.29, 0.717) is 17.1 Å². The molecule has 0 amide bonds. The van der Waals surface area contributed by atoms with E-state index in [2.05, 4.69) is 52.1 Å². The molecule has 0 unspecified atom stereocenters. The summed E-state index contributed by atoms with van der Waals surface area (Å²) in [6.07, 6.45) is 3.30. The number of carbonyl (C=O) groups excluding carboxylic acids is 1. The van der Waals surface area contributed by atoms with E-state index in [1.165, 1.54) is 6.42 Å². The Balaban J connectivity index is 2.45. The van der Waals surface area contributed by atoms with Crippen molar-refractivity contribution >= 4 is 51.0 Å². The minimum Gasteiger partial charge on any atom is -0.299 e. The van der Waals surface area contributed by atoms with E-state index < -0.39 is 0 Å². The zero-order valence-corrected chi connectivity index (χ0v) is 12.1. The summed E-state index contributed by atoms with van der Waals surface area (Å²) < 4.78 is 2.17. The molecule has 13 heavy (non-hydrogen) atoms. The summed E-state index contributed by atoms with van der Waals surface area (Å²) >= 11 is 4.87. The van der Waals surface area contributed by atoms with Gasteiger partial charge >= 0.3 is 0 Å². The Morgan fingerprint density at radius 2 is 2.15 bits per heavy atom. The highest BCUT2D eigenvalue weighted by Gasteiger charge is 2.65. The Morgan fingerprint density at radius 3 is 2.54 bits per heavy atom. The first-order valence-corrected chi connectivity index (χ1v) is 7.81. The van der Waals surface area contributed by atoms with E-state index in [4.69, 9.17) is 0 Å². The number of carbonyl (C=O) groups is 1. The molecule has 2 aliphatic carbocycles. The number of rotatable bonds is 2. The predicted octanol–water partition coefficient (Wildman–Crippen LogP) is 3.23. The summed E-state index contributed by atoms with van der Waals surface area (Å²) in [5.41, 5.74) is 0.366. The lowest BCUT2D eigenvalue weighted by atomic mass is 9.70. The minimum absolute atomic E-state index is 0.0550. The normalized spacial score (nSPS) is 48.8. The third-order valence-corrected chi connectivity index (χ3v) is 7.27. The van der Waals surface area contributed by atoms with Crippen LogP contribution in [0.2, 0.25) is 0 Å². The maximum Gasteiger partial charge on any atom is 0.140 e. The first-order valence-electron chi connectivity index (χ1n) is 4.76. The molecule has 0 aromatic carbocycles. The fraction of sp³-hybridized carbons (Fsp3) is 0.900. The van der Waals surface area contributed by atoms with Gasteiger partial charge in [0, 0.05) is 20.7 Å². The molecule has 0 aliphatic heterocycles. The largest absolute Gasteiger partial charge is 0.299 e. The number of alkyl halides is 2. The van der Waals surface area contributed by atoms with Crippen LogP contribution in [0.25, 0.3) is 0 Å². The maximum absolute atomic E-state index is 12.0. The lowest BCUT2D eigenvalue weighted by molar-refractivity contribution is -0.127. The van der Waals surface area contributed by atoms with E-state index in [-0.39, 0.29) is 5.41 Å². The summed E-state index contributed by atoms with van der Waals surface area (Å²) in [4.78, 5) is 12.0. The number of halogens is 2. The Kier molecular flexibility index (Phi) is 2.72. The molecule has 1 nitrogen and oxygen atoms in total. The Hall–Kier alpha value is 1.13. The van der Waals surface area contributed by atoms with Crippen LogP contribution in [0.4, 0.5) is 0 Å². The molecule has 0 N–H and O–H groups in total. The molecule has 0 saturated heterocycles. The van der Waals surface area contributed by atoms with Crippen molar-refractivity contribution in [3.8, 4) is 0 Å². The van der Waals surface area contributed by atoms with E-state index >= 15 is 0 Å². The summed E-state index contributed by atoms with van der Waals surface area (Å²) in [5.74, 6) is 1.24. The smallest absolute Gasteiger partial charge is 0.140 e. The summed E-state index contributed by atoms with van der Waals surface area (Å²) in [6.45, 7) is 2.33. The van der Waals surface area contributed by atoms with E-state index in [0.717, 1.165) is 21.7 Å². The third kappa shape index (κ3) is 1.12. The number of hydrogen-bond donors (Lipinski definition) is 0. The molecular formula is C10H14I2O. The average molecular weight is 404 g/mol. The van der Waals surface area contributed by atoms with Gasteiger partial charge in [-0.3, -0.25) is 4.79 Å². The van der Waals surface area contributed by atoms with Crippen molar-refractivity contribution in [3.63, 3.8) is 0 Å². The van der Waals surface area contributed by atoms with Gasteiger partial charge in [-0.05, 0) is 24.2 Å². The summed E-state index contributed by atoms with van der Waals surface area (Å²) in [6, 6.07) is 0. The van der Waals surface area contributed by atoms with E-state index in [1.54, 1.807) is 0 Å². The monoisotopic (exact) mass is 404 g/mol. The molecule has 74 valence electrons. The SMILES string of the molecule is C[C@@]1(CI)[C@H]2CC[C@]1(CI)C(=O)C2. The predicted molar refractivity (Wildman–Crippen MR) is 70.7 cm³/mol. The zero-order valence-electron chi connectivity index (χ0n) is 7.78. The lowest BCUT2D eigenvalue weighted by Crippen LogP contribution is -2.40. The first-order chi connectivity index (χ1) is 6.10. The van der Waals surface area contributed by atoms with E-state index in [9.17, 15) is 4.79 Å². The highest BCUT2D eigenvalue weighted by atomic mass is 127. The van der Waals surface area contributed by atoms with Crippen LogP contribution in [0.15, 0.2) is 0 Å². The highest BCUT2D eigenvalue weighted by molar-refractivity contribution is 14.1. The van der Waals surface area contributed by atoms with Crippen molar-refractivity contribution in [1.29, 1.82) is 0 Å². The number of Topliss-reactive ketones (excluding diaryl/α,β-unsaturated/α-hetero) is 1. The summed E-state index contributed by atoms with van der Waals surface area (Å²) in [5, 5.41) is 0. The topological polar surface area (TPSA) is 17.1 Å². The van der Waals surface area contributed by atoms with Crippen LogP contribution in [0.3, 0.4) is 0 Å². The number of hydrogen-bond acceptors (Lipinski definition) is 1. The van der Waals surface area contributed by atoms with Gasteiger partial charge in [-0.1, -0.05) is 52.1 Å². The second-order valence-electron chi connectivity index (χ2n) is 4.63. The van der Waals surface area contributed by atoms with Crippen LogP contribution in [0.5, 0.6) is 0 Å². The molecule has 2 bridgehead atoms. The minimum atomic E-state index is 0.0550. The van der Waals surface area contributed by atoms with Crippen LogP contribution in [-0.4, -0.2) is 14.6 Å². The van der Waals surface area contributed by atoms with Crippen LogP contribution >= 0.6 is 45.2 Å². The molecule has 3 atom stereocenters. The van der Waals surface area contributed by atoms with Crippen LogP contribution in [-0.2, 0) is 4.79 Å². The molecule has 3 heteroatoms. The van der Waals surface area contributed by atoms with Gasteiger partial charge in [-0.25, -0.2) is 0 Å². The van der Waals surface area contributed by atoms with Gasteiger partial charge in [-0.15, -0.1) is 0 Å². The fourth-order valence-electron chi connectivity index (χ4n) is 3.15. The average Bonchev–Trinajstić information content (AvgIpc) is 2.53. The fourth-order valence-corrected chi connectivity index (χ4v) is 6.18. The van der Waals surface area contributed by atoms with Crippen LogP contribution in [0.1, 0.15) is 26.2 Å². The molecule has 2 aliphatic rings. The van der Waals surface area contributed by atoms with Crippen molar-refractivity contribution in [2.75, 3.05) is 8.86 Å². The van der Waals surface area contributed by atoms with Gasteiger partial charge in [0.1, 0.15) is 5.78 Å². The molecule has 2 saturated carbocycles. The van der Waals surface area contributed by atoms with Gasteiger partial charge in [-0.2, -0.15) is 0 Å². The van der Waals surface area contributed by atoms with Crippen molar-refractivity contribution < 1.29 is 4.79 Å². The number of ketones is 1. The lowest BCUT2D eigenvalue weighted by Gasteiger charge is -2.36. The number of fused-ring (bicyclic) bond motifs is 2. The molecule has 0 aromatic heterocycles. The maximum atomic E-state index is 12.0. The third-order valence-electron chi connectivity index (χ3n) is 4.39. The second-order valence-corrected chi connectivity index (χ2v) is 6.16. The molecular weight excluding hydrogens is 390 g/mol. The van der Waals surface area contributed by atoms with Gasteiger partial charge < -0.3 is 0 Å². The molecule has 0 spiro atoms. The molecule has 0 heterocycles. The summed E-state index contributed by atoms with van der Waals surface area (Å²) in [7, 11) is 0. The van der Waals surface area contributed by atoms with Crippen molar-refractivity contribution in [2.45, 2.75) is 26.2 Å². The zero-order chi connectivity index (χ0) is 9.69. The Labute approximate surface area is 107 Å². The van der Waals surface area contributed by atoms with Gasteiger partial charge in [0.15, 0.2) is 0 Å². The standard InChI is InChI=1S/C10H14I2O/c1-9(5-11)7-2-3-10(9,6-12)8(13)4-7/h7H,2-6H2,1H3/t7-,9+,10-/m0/s1. The van der Waals surface area contributed by atoms with E-state index in [1.807, 2.05) is 0 Å². The van der Waals surface area contributed by atoms with Crippen LogP contribution in [0, 0.1) is 16.7 Å². The van der Waals surface area contributed by atoms with Gasteiger partial charge in [0.25, 0.3) is 0 Å².